The Morgan fingerprint density at radius 3 is 2.60 bits per heavy atom. The standard InChI is InChI=1S/C16H23N3O/c1-19(11-12-4-6-17-7-5-12)16(20)10-13-8-14-2-3-15(9-13)18-14/h4-7,13-15,18H,2-3,8-11H2,1H3. The Morgan fingerprint density at radius 1 is 1.30 bits per heavy atom. The van der Waals surface area contributed by atoms with Crippen molar-refractivity contribution in [1.82, 2.24) is 15.2 Å². The van der Waals surface area contributed by atoms with Gasteiger partial charge < -0.3 is 10.2 Å². The number of piperidine rings is 1. The van der Waals surface area contributed by atoms with Gasteiger partial charge in [0.1, 0.15) is 0 Å². The molecule has 0 aromatic carbocycles. The molecule has 20 heavy (non-hydrogen) atoms. The van der Waals surface area contributed by atoms with E-state index in [1.54, 1.807) is 12.4 Å². The molecular weight excluding hydrogens is 250 g/mol. The quantitative estimate of drug-likeness (QED) is 0.912. The fourth-order valence-corrected chi connectivity index (χ4v) is 3.59. The van der Waals surface area contributed by atoms with Gasteiger partial charge in [-0.1, -0.05) is 0 Å². The topological polar surface area (TPSA) is 45.2 Å². The van der Waals surface area contributed by atoms with E-state index in [1.807, 2.05) is 24.1 Å². The molecule has 1 N–H and O–H groups in total. The second-order valence-corrected chi connectivity index (χ2v) is 6.28. The summed E-state index contributed by atoms with van der Waals surface area (Å²) in [6, 6.07) is 5.26. The van der Waals surface area contributed by atoms with E-state index in [2.05, 4.69) is 10.3 Å². The van der Waals surface area contributed by atoms with Gasteiger partial charge in [-0.05, 0) is 49.3 Å². The number of fused-ring (bicyclic) bond motifs is 2. The van der Waals surface area contributed by atoms with Crippen molar-refractivity contribution in [1.29, 1.82) is 0 Å². The molecular formula is C16H23N3O. The highest BCUT2D eigenvalue weighted by Crippen LogP contribution is 2.32. The predicted octanol–water partition coefficient (Wildman–Crippen LogP) is 1.96. The van der Waals surface area contributed by atoms with E-state index < -0.39 is 0 Å². The van der Waals surface area contributed by atoms with Gasteiger partial charge in [0.05, 0.1) is 0 Å². The summed E-state index contributed by atoms with van der Waals surface area (Å²) in [5, 5.41) is 3.63. The van der Waals surface area contributed by atoms with Gasteiger partial charge in [-0.15, -0.1) is 0 Å². The van der Waals surface area contributed by atoms with Crippen LogP contribution < -0.4 is 5.32 Å². The van der Waals surface area contributed by atoms with Gasteiger partial charge >= 0.3 is 0 Å². The normalized spacial score (nSPS) is 28.4. The Bertz CT molecular complexity index is 450. The molecule has 2 aliphatic rings. The lowest BCUT2D eigenvalue weighted by molar-refractivity contribution is -0.131. The number of carbonyl (C=O) groups is 1. The van der Waals surface area contributed by atoms with E-state index in [0.717, 1.165) is 5.56 Å². The molecule has 2 atom stereocenters. The molecule has 0 aliphatic carbocycles. The van der Waals surface area contributed by atoms with Crippen LogP contribution in [0.2, 0.25) is 0 Å². The molecule has 2 saturated heterocycles. The molecule has 3 rings (SSSR count). The zero-order valence-electron chi connectivity index (χ0n) is 12.1. The predicted molar refractivity (Wildman–Crippen MR) is 78.0 cm³/mol. The third-order valence-corrected chi connectivity index (χ3v) is 4.63. The Hall–Kier alpha value is -1.42. The number of nitrogens with zero attached hydrogens (tertiary/aromatic N) is 2. The van der Waals surface area contributed by atoms with Gasteiger partial charge in [-0.2, -0.15) is 0 Å². The first-order chi connectivity index (χ1) is 9.70. The lowest BCUT2D eigenvalue weighted by Gasteiger charge is -2.30. The fourth-order valence-electron chi connectivity index (χ4n) is 3.59. The minimum Gasteiger partial charge on any atom is -0.341 e. The molecule has 2 aliphatic heterocycles. The van der Waals surface area contributed by atoms with Crippen LogP contribution in [0.5, 0.6) is 0 Å². The summed E-state index contributed by atoms with van der Waals surface area (Å²) in [6.07, 6.45) is 9.19. The number of hydrogen-bond acceptors (Lipinski definition) is 3. The summed E-state index contributed by atoms with van der Waals surface area (Å²) in [4.78, 5) is 18.2. The summed E-state index contributed by atoms with van der Waals surface area (Å²) >= 11 is 0. The van der Waals surface area contributed by atoms with Crippen molar-refractivity contribution in [2.75, 3.05) is 7.05 Å². The van der Waals surface area contributed by atoms with Crippen molar-refractivity contribution in [3.8, 4) is 0 Å². The van der Waals surface area contributed by atoms with E-state index in [0.29, 0.717) is 31.0 Å². The minimum atomic E-state index is 0.271. The molecule has 4 heteroatoms. The lowest BCUT2D eigenvalue weighted by atomic mass is 9.89. The summed E-state index contributed by atoms with van der Waals surface area (Å²) in [7, 11) is 1.90. The van der Waals surface area contributed by atoms with Crippen LogP contribution in [0.15, 0.2) is 24.5 Å². The maximum atomic E-state index is 12.3. The van der Waals surface area contributed by atoms with Gasteiger partial charge in [0.2, 0.25) is 5.91 Å². The fraction of sp³-hybridized carbons (Fsp3) is 0.625. The molecule has 2 bridgehead atoms. The number of nitrogens with one attached hydrogen (secondary N) is 1. The molecule has 4 nitrogen and oxygen atoms in total. The smallest absolute Gasteiger partial charge is 0.222 e. The number of amides is 1. The largest absolute Gasteiger partial charge is 0.341 e. The van der Waals surface area contributed by atoms with E-state index in [9.17, 15) is 4.79 Å². The van der Waals surface area contributed by atoms with Crippen LogP contribution in [-0.4, -0.2) is 34.9 Å². The van der Waals surface area contributed by atoms with Crippen molar-refractivity contribution < 1.29 is 4.79 Å². The summed E-state index contributed by atoms with van der Waals surface area (Å²) in [5.74, 6) is 0.842. The average Bonchev–Trinajstić information content (AvgIpc) is 2.79. The molecule has 0 radical (unpaired) electrons. The van der Waals surface area contributed by atoms with Crippen molar-refractivity contribution in [3.63, 3.8) is 0 Å². The number of carbonyl (C=O) groups excluding carboxylic acids is 1. The van der Waals surface area contributed by atoms with Crippen molar-refractivity contribution in [2.24, 2.45) is 5.92 Å². The maximum absolute atomic E-state index is 12.3. The van der Waals surface area contributed by atoms with Gasteiger partial charge in [0.25, 0.3) is 0 Å². The highest BCUT2D eigenvalue weighted by Gasteiger charge is 2.34. The van der Waals surface area contributed by atoms with Crippen molar-refractivity contribution >= 4 is 5.91 Å². The number of rotatable bonds is 4. The first-order valence-corrected chi connectivity index (χ1v) is 7.59. The molecule has 0 saturated carbocycles. The third-order valence-electron chi connectivity index (χ3n) is 4.63. The monoisotopic (exact) mass is 273 g/mol. The lowest BCUT2D eigenvalue weighted by Crippen LogP contribution is -2.39. The van der Waals surface area contributed by atoms with Gasteiger partial charge in [0, 0.05) is 44.5 Å². The van der Waals surface area contributed by atoms with E-state index in [4.69, 9.17) is 0 Å². The molecule has 0 spiro atoms. The van der Waals surface area contributed by atoms with E-state index >= 15 is 0 Å². The molecule has 3 heterocycles. The van der Waals surface area contributed by atoms with E-state index in [1.165, 1.54) is 25.7 Å². The van der Waals surface area contributed by atoms with Gasteiger partial charge in [-0.3, -0.25) is 9.78 Å². The average molecular weight is 273 g/mol. The SMILES string of the molecule is CN(Cc1ccncc1)C(=O)CC1CC2CCC(C1)N2. The van der Waals surface area contributed by atoms with Gasteiger partial charge in [-0.25, -0.2) is 0 Å². The molecule has 2 fully saturated rings. The number of pyridine rings is 1. The zero-order valence-corrected chi connectivity index (χ0v) is 12.1. The first kappa shape index (κ1) is 13.6. The van der Waals surface area contributed by atoms with Crippen LogP contribution in [0.4, 0.5) is 0 Å². The van der Waals surface area contributed by atoms with Crippen LogP contribution in [0.1, 0.15) is 37.7 Å². The summed E-state index contributed by atoms with van der Waals surface area (Å²) in [5.41, 5.74) is 1.14. The van der Waals surface area contributed by atoms with Crippen molar-refractivity contribution in [2.45, 2.75) is 50.7 Å². The third kappa shape index (κ3) is 3.18. The van der Waals surface area contributed by atoms with Crippen LogP contribution >= 0.6 is 0 Å². The Balaban J connectivity index is 1.51. The Kier molecular flexibility index (Phi) is 4.01. The van der Waals surface area contributed by atoms with Crippen molar-refractivity contribution in [3.05, 3.63) is 30.1 Å². The van der Waals surface area contributed by atoms with Crippen LogP contribution in [-0.2, 0) is 11.3 Å². The van der Waals surface area contributed by atoms with Crippen LogP contribution in [0.3, 0.4) is 0 Å². The summed E-state index contributed by atoms with van der Waals surface area (Å²) in [6.45, 7) is 0.680. The molecule has 108 valence electrons. The second-order valence-electron chi connectivity index (χ2n) is 6.28. The number of hydrogen-bond donors (Lipinski definition) is 1. The summed E-state index contributed by atoms with van der Waals surface area (Å²) < 4.78 is 0. The molecule has 1 aromatic heterocycles. The second kappa shape index (κ2) is 5.92. The number of aromatic nitrogens is 1. The van der Waals surface area contributed by atoms with Crippen LogP contribution in [0, 0.1) is 5.92 Å². The first-order valence-electron chi connectivity index (χ1n) is 7.59. The van der Waals surface area contributed by atoms with Crippen LogP contribution in [0.25, 0.3) is 0 Å². The van der Waals surface area contributed by atoms with E-state index in [-0.39, 0.29) is 5.91 Å². The highest BCUT2D eigenvalue weighted by atomic mass is 16.2. The van der Waals surface area contributed by atoms with Gasteiger partial charge in [0.15, 0.2) is 0 Å². The Labute approximate surface area is 120 Å². The Morgan fingerprint density at radius 2 is 1.95 bits per heavy atom. The zero-order chi connectivity index (χ0) is 13.9. The molecule has 2 unspecified atom stereocenters. The molecule has 1 amide bonds. The highest BCUT2D eigenvalue weighted by molar-refractivity contribution is 5.76. The maximum Gasteiger partial charge on any atom is 0.222 e. The molecule has 1 aromatic rings. The minimum absolute atomic E-state index is 0.271.